The predicted molar refractivity (Wildman–Crippen MR) is 96.2 cm³/mol. The molecule has 2 aromatic carbocycles. The summed E-state index contributed by atoms with van der Waals surface area (Å²) in [4.78, 5) is 11.9. The zero-order valence-corrected chi connectivity index (χ0v) is 14.2. The molecule has 1 amide bonds. The molecule has 0 saturated carbocycles. The summed E-state index contributed by atoms with van der Waals surface area (Å²) >= 11 is 1.57. The number of ether oxygens (including phenoxy) is 1. The van der Waals surface area contributed by atoms with Crippen LogP contribution in [0.1, 0.15) is 22.8 Å². The Kier molecular flexibility index (Phi) is 5.77. The van der Waals surface area contributed by atoms with E-state index in [1.54, 1.807) is 11.8 Å². The predicted octanol–water partition coefficient (Wildman–Crippen LogP) is 2.70. The van der Waals surface area contributed by atoms with Crippen LogP contribution in [0.25, 0.3) is 0 Å². The summed E-state index contributed by atoms with van der Waals surface area (Å²) in [6, 6.07) is 15.8. The van der Waals surface area contributed by atoms with Crippen molar-refractivity contribution in [2.24, 2.45) is 0 Å². The Bertz CT molecular complexity index is 690. The Morgan fingerprint density at radius 2 is 2.08 bits per heavy atom. The second-order valence-corrected chi connectivity index (χ2v) is 6.75. The smallest absolute Gasteiger partial charge is 0.230 e. The second-order valence-electron chi connectivity index (χ2n) is 5.76. The molecule has 3 rings (SSSR count). The fraction of sp³-hybridized carbons (Fsp3) is 0.316. The number of fused-ring (bicyclic) bond motifs is 1. The third-order valence-electron chi connectivity index (χ3n) is 3.94. The van der Waals surface area contributed by atoms with Crippen LogP contribution in [0.4, 0.5) is 0 Å². The lowest BCUT2D eigenvalue weighted by Crippen LogP contribution is -2.29. The monoisotopic (exact) mass is 343 g/mol. The van der Waals surface area contributed by atoms with Gasteiger partial charge in [0.25, 0.3) is 0 Å². The lowest BCUT2D eigenvalue weighted by Gasteiger charge is -2.13. The van der Waals surface area contributed by atoms with E-state index in [4.69, 9.17) is 4.74 Å². The van der Waals surface area contributed by atoms with Gasteiger partial charge in [-0.3, -0.25) is 4.79 Å². The van der Waals surface area contributed by atoms with E-state index in [1.807, 2.05) is 48.5 Å². The van der Waals surface area contributed by atoms with Crippen molar-refractivity contribution in [3.05, 3.63) is 65.2 Å². The molecule has 2 aromatic rings. The van der Waals surface area contributed by atoms with Gasteiger partial charge in [0.15, 0.2) is 0 Å². The molecule has 0 aliphatic carbocycles. The second kappa shape index (κ2) is 8.22. The Morgan fingerprint density at radius 3 is 2.92 bits per heavy atom. The number of rotatable bonds is 7. The van der Waals surface area contributed by atoms with Crippen LogP contribution in [-0.2, 0) is 17.0 Å². The van der Waals surface area contributed by atoms with E-state index in [1.165, 1.54) is 5.56 Å². The van der Waals surface area contributed by atoms with E-state index in [2.05, 4.69) is 5.32 Å². The number of nitrogens with one attached hydrogen (secondary N) is 1. The molecular weight excluding hydrogens is 322 g/mol. The highest BCUT2D eigenvalue weighted by atomic mass is 32.2. The van der Waals surface area contributed by atoms with E-state index in [0.29, 0.717) is 12.4 Å². The van der Waals surface area contributed by atoms with Crippen molar-refractivity contribution in [2.45, 2.75) is 18.3 Å². The summed E-state index contributed by atoms with van der Waals surface area (Å²) in [7, 11) is 0. The van der Waals surface area contributed by atoms with Crippen molar-refractivity contribution in [3.63, 3.8) is 0 Å². The minimum Gasteiger partial charge on any atom is -0.493 e. The highest BCUT2D eigenvalue weighted by molar-refractivity contribution is 7.99. The van der Waals surface area contributed by atoms with E-state index in [0.717, 1.165) is 29.1 Å². The Balaban J connectivity index is 1.41. The molecule has 0 spiro atoms. The highest BCUT2D eigenvalue weighted by Gasteiger charge is 2.16. The van der Waals surface area contributed by atoms with Crippen LogP contribution in [0, 0.1) is 0 Å². The van der Waals surface area contributed by atoms with Crippen molar-refractivity contribution in [2.75, 3.05) is 18.9 Å². The molecule has 1 heterocycles. The summed E-state index contributed by atoms with van der Waals surface area (Å²) in [6.07, 6.45) is 0.178. The molecule has 1 unspecified atom stereocenters. The largest absolute Gasteiger partial charge is 0.493 e. The molecular formula is C19H21NO3S. The molecule has 24 heavy (non-hydrogen) atoms. The topological polar surface area (TPSA) is 58.6 Å². The van der Waals surface area contributed by atoms with Gasteiger partial charge in [0.2, 0.25) is 5.91 Å². The molecule has 0 aromatic heterocycles. The Labute approximate surface area is 146 Å². The zero-order chi connectivity index (χ0) is 16.8. The first-order valence-electron chi connectivity index (χ1n) is 8.04. The highest BCUT2D eigenvalue weighted by Crippen LogP contribution is 2.28. The first kappa shape index (κ1) is 16.9. The average molecular weight is 343 g/mol. The summed E-state index contributed by atoms with van der Waals surface area (Å²) in [6.45, 7) is 0.925. The maximum absolute atomic E-state index is 11.9. The lowest BCUT2D eigenvalue weighted by molar-refractivity contribution is -0.119. The van der Waals surface area contributed by atoms with Crippen LogP contribution >= 0.6 is 11.8 Å². The van der Waals surface area contributed by atoms with Gasteiger partial charge in [0.1, 0.15) is 5.75 Å². The molecule has 0 bridgehead atoms. The molecule has 2 N–H and O–H groups in total. The molecule has 0 radical (unpaired) electrons. The number of carbonyl (C=O) groups excluding carboxylic acids is 1. The van der Waals surface area contributed by atoms with Crippen molar-refractivity contribution in [3.8, 4) is 5.75 Å². The average Bonchev–Trinajstić information content (AvgIpc) is 3.08. The van der Waals surface area contributed by atoms with Gasteiger partial charge in [-0.15, -0.1) is 11.8 Å². The van der Waals surface area contributed by atoms with Crippen LogP contribution in [0.15, 0.2) is 48.5 Å². The summed E-state index contributed by atoms with van der Waals surface area (Å²) in [5, 5.41) is 13.0. The van der Waals surface area contributed by atoms with E-state index >= 15 is 0 Å². The van der Waals surface area contributed by atoms with Gasteiger partial charge >= 0.3 is 0 Å². The Morgan fingerprint density at radius 1 is 1.25 bits per heavy atom. The van der Waals surface area contributed by atoms with Crippen LogP contribution in [0.2, 0.25) is 0 Å². The summed E-state index contributed by atoms with van der Waals surface area (Å²) < 4.78 is 5.46. The zero-order valence-electron chi connectivity index (χ0n) is 13.4. The molecule has 5 heteroatoms. The van der Waals surface area contributed by atoms with Gasteiger partial charge in [0.05, 0.1) is 18.5 Å². The van der Waals surface area contributed by atoms with Crippen molar-refractivity contribution >= 4 is 17.7 Å². The number of amides is 1. The third-order valence-corrected chi connectivity index (χ3v) is 4.94. The number of aliphatic hydroxyl groups is 1. The van der Waals surface area contributed by atoms with Crippen LogP contribution in [0.3, 0.4) is 0 Å². The molecule has 1 aliphatic heterocycles. The maximum atomic E-state index is 11.9. The molecule has 1 aliphatic rings. The SMILES string of the molecule is O=C(CSCc1ccccc1)NCC(O)c1ccc2c(c1)CCO2. The molecule has 0 fully saturated rings. The fourth-order valence-corrected chi connectivity index (χ4v) is 3.45. The van der Waals surface area contributed by atoms with Crippen LogP contribution < -0.4 is 10.1 Å². The van der Waals surface area contributed by atoms with Gasteiger partial charge in [0, 0.05) is 18.7 Å². The van der Waals surface area contributed by atoms with Crippen LogP contribution in [0.5, 0.6) is 5.75 Å². The fourth-order valence-electron chi connectivity index (χ4n) is 2.63. The van der Waals surface area contributed by atoms with E-state index < -0.39 is 6.10 Å². The van der Waals surface area contributed by atoms with Gasteiger partial charge in [-0.05, 0) is 28.8 Å². The quantitative estimate of drug-likeness (QED) is 0.812. The molecule has 126 valence electrons. The summed E-state index contributed by atoms with van der Waals surface area (Å²) in [5.41, 5.74) is 3.14. The number of benzene rings is 2. The Hall–Kier alpha value is -1.98. The van der Waals surface area contributed by atoms with E-state index in [9.17, 15) is 9.90 Å². The first-order chi connectivity index (χ1) is 11.7. The summed E-state index contributed by atoms with van der Waals surface area (Å²) in [5.74, 6) is 2.04. The molecule has 1 atom stereocenters. The first-order valence-corrected chi connectivity index (χ1v) is 9.20. The number of thioether (sulfide) groups is 1. The standard InChI is InChI=1S/C19H21NO3S/c21-17(15-6-7-18-16(10-15)8-9-23-18)11-20-19(22)13-24-12-14-4-2-1-3-5-14/h1-7,10,17,21H,8-9,11-13H2,(H,20,22). The van der Waals surface area contributed by atoms with Crippen molar-refractivity contribution in [1.82, 2.24) is 5.32 Å². The van der Waals surface area contributed by atoms with E-state index in [-0.39, 0.29) is 12.5 Å². The van der Waals surface area contributed by atoms with Crippen molar-refractivity contribution < 1.29 is 14.6 Å². The lowest BCUT2D eigenvalue weighted by atomic mass is 10.0. The van der Waals surface area contributed by atoms with Gasteiger partial charge in [-0.2, -0.15) is 0 Å². The number of carbonyl (C=O) groups is 1. The molecule has 0 saturated heterocycles. The van der Waals surface area contributed by atoms with Gasteiger partial charge < -0.3 is 15.2 Å². The molecule has 4 nitrogen and oxygen atoms in total. The number of hydrogen-bond acceptors (Lipinski definition) is 4. The normalized spacial score (nSPS) is 13.9. The number of hydrogen-bond donors (Lipinski definition) is 2. The van der Waals surface area contributed by atoms with Crippen LogP contribution in [-0.4, -0.2) is 29.9 Å². The number of aliphatic hydroxyl groups excluding tert-OH is 1. The van der Waals surface area contributed by atoms with Crippen molar-refractivity contribution in [1.29, 1.82) is 0 Å². The van der Waals surface area contributed by atoms with Gasteiger partial charge in [-0.25, -0.2) is 0 Å². The minimum atomic E-state index is -0.695. The minimum absolute atomic E-state index is 0.0560. The van der Waals surface area contributed by atoms with Gasteiger partial charge in [-0.1, -0.05) is 36.4 Å². The third kappa shape index (κ3) is 4.52. The maximum Gasteiger partial charge on any atom is 0.230 e.